The van der Waals surface area contributed by atoms with Crippen LogP contribution in [0.5, 0.6) is 0 Å². The summed E-state index contributed by atoms with van der Waals surface area (Å²) in [5.74, 6) is 2.19. The first-order valence-electron chi connectivity index (χ1n) is 7.20. The van der Waals surface area contributed by atoms with Gasteiger partial charge < -0.3 is 0 Å². The van der Waals surface area contributed by atoms with E-state index in [0.29, 0.717) is 16.6 Å². The highest BCUT2D eigenvalue weighted by atomic mass is 32.2. The normalized spacial score (nSPS) is 10.7. The first kappa shape index (κ1) is 18.0. The number of carbonyl (C=O) groups excluding carboxylic acids is 1. The Kier molecular flexibility index (Phi) is 7.14. The molecule has 23 heavy (non-hydrogen) atoms. The second-order valence-corrected chi connectivity index (χ2v) is 8.43. The highest BCUT2D eigenvalue weighted by Gasteiger charge is 2.14. The molecular weight excluding hydrogens is 346 g/mol. The fraction of sp³-hybridized carbons (Fsp3) is 0.312. The molecule has 2 rings (SSSR count). The van der Waals surface area contributed by atoms with E-state index < -0.39 is 0 Å². The predicted molar refractivity (Wildman–Crippen MR) is 101 cm³/mol. The zero-order valence-electron chi connectivity index (χ0n) is 13.1. The molecular formula is C16H19N3OS3. The van der Waals surface area contributed by atoms with Crippen LogP contribution >= 0.6 is 34.9 Å². The van der Waals surface area contributed by atoms with Crippen molar-refractivity contribution in [1.29, 1.82) is 0 Å². The molecule has 4 nitrogen and oxygen atoms in total. The van der Waals surface area contributed by atoms with Crippen molar-refractivity contribution < 1.29 is 4.79 Å². The lowest BCUT2D eigenvalue weighted by atomic mass is 10.2. The quantitative estimate of drug-likeness (QED) is 0.413. The number of nitrogens with zero attached hydrogens (tertiary/aromatic N) is 2. The Balaban J connectivity index is 2.03. The van der Waals surface area contributed by atoms with Crippen molar-refractivity contribution in [1.82, 2.24) is 10.2 Å². The van der Waals surface area contributed by atoms with E-state index in [-0.39, 0.29) is 5.91 Å². The number of benzene rings is 1. The maximum absolute atomic E-state index is 12.5. The first-order valence-corrected chi connectivity index (χ1v) is 9.99. The highest BCUT2D eigenvalue weighted by Crippen LogP contribution is 2.28. The van der Waals surface area contributed by atoms with Gasteiger partial charge in [0.15, 0.2) is 4.34 Å². The van der Waals surface area contributed by atoms with Crippen molar-refractivity contribution in [3.05, 3.63) is 42.5 Å². The summed E-state index contributed by atoms with van der Waals surface area (Å²) in [6.07, 6.45) is 1.82. The molecule has 0 aliphatic carbocycles. The standard InChI is InChI=1S/C16H19N3OS3/c1-4-9-21-13-8-6-5-7-12(13)14(20)17-15-18-19-16(23-15)22-10-11(2)3/h4-8,11H,1,9-10H2,2-3H3,(H,17,18,20). The van der Waals surface area contributed by atoms with Crippen LogP contribution in [0.25, 0.3) is 0 Å². The summed E-state index contributed by atoms with van der Waals surface area (Å²) in [5, 5.41) is 11.5. The summed E-state index contributed by atoms with van der Waals surface area (Å²) in [4.78, 5) is 13.4. The molecule has 0 aliphatic heterocycles. The van der Waals surface area contributed by atoms with E-state index in [2.05, 4.69) is 35.9 Å². The molecule has 7 heteroatoms. The number of amides is 1. The van der Waals surface area contributed by atoms with Crippen molar-refractivity contribution in [3.63, 3.8) is 0 Å². The van der Waals surface area contributed by atoms with E-state index in [1.165, 1.54) is 11.3 Å². The summed E-state index contributed by atoms with van der Waals surface area (Å²) in [6, 6.07) is 7.54. The van der Waals surface area contributed by atoms with Gasteiger partial charge in [-0.15, -0.1) is 28.5 Å². The Morgan fingerprint density at radius 2 is 2.13 bits per heavy atom. The lowest BCUT2D eigenvalue weighted by molar-refractivity contribution is 0.102. The Morgan fingerprint density at radius 1 is 1.35 bits per heavy atom. The lowest BCUT2D eigenvalue weighted by Gasteiger charge is -2.07. The third-order valence-corrected chi connectivity index (χ3v) is 6.12. The van der Waals surface area contributed by atoms with Gasteiger partial charge in [0.25, 0.3) is 5.91 Å². The summed E-state index contributed by atoms with van der Waals surface area (Å²) >= 11 is 4.66. The SMILES string of the molecule is C=CCSc1ccccc1C(=O)Nc1nnc(SCC(C)C)s1. The second kappa shape index (κ2) is 9.10. The van der Waals surface area contributed by atoms with Crippen molar-refractivity contribution >= 4 is 45.9 Å². The maximum Gasteiger partial charge on any atom is 0.258 e. The van der Waals surface area contributed by atoms with Crippen LogP contribution in [-0.4, -0.2) is 27.6 Å². The molecule has 2 aromatic rings. The number of aromatic nitrogens is 2. The lowest BCUT2D eigenvalue weighted by Crippen LogP contribution is -2.12. The predicted octanol–water partition coefficient (Wildman–Crippen LogP) is 4.82. The number of hydrogen-bond donors (Lipinski definition) is 1. The van der Waals surface area contributed by atoms with Crippen LogP contribution in [0.1, 0.15) is 24.2 Å². The van der Waals surface area contributed by atoms with Crippen molar-refractivity contribution in [3.8, 4) is 0 Å². The van der Waals surface area contributed by atoms with Gasteiger partial charge in [-0.05, 0) is 18.1 Å². The number of carbonyl (C=O) groups is 1. The van der Waals surface area contributed by atoms with Crippen LogP contribution in [0.4, 0.5) is 5.13 Å². The fourth-order valence-electron chi connectivity index (χ4n) is 1.65. The van der Waals surface area contributed by atoms with Gasteiger partial charge >= 0.3 is 0 Å². The van der Waals surface area contributed by atoms with Crippen LogP contribution in [-0.2, 0) is 0 Å². The average Bonchev–Trinajstić information content (AvgIpc) is 2.98. The molecule has 1 aromatic heterocycles. The average molecular weight is 366 g/mol. The number of anilines is 1. The van der Waals surface area contributed by atoms with E-state index in [1.54, 1.807) is 23.5 Å². The minimum atomic E-state index is -0.159. The van der Waals surface area contributed by atoms with Gasteiger partial charge in [-0.25, -0.2) is 0 Å². The van der Waals surface area contributed by atoms with Crippen LogP contribution in [0.2, 0.25) is 0 Å². The minimum Gasteiger partial charge on any atom is -0.296 e. The van der Waals surface area contributed by atoms with Crippen LogP contribution < -0.4 is 5.32 Å². The molecule has 1 amide bonds. The molecule has 0 spiro atoms. The van der Waals surface area contributed by atoms with Gasteiger partial charge in [0.05, 0.1) is 5.56 Å². The maximum atomic E-state index is 12.5. The molecule has 0 saturated carbocycles. The Labute approximate surface area is 149 Å². The van der Waals surface area contributed by atoms with Crippen molar-refractivity contribution in [2.75, 3.05) is 16.8 Å². The van der Waals surface area contributed by atoms with Crippen LogP contribution in [0.15, 0.2) is 46.2 Å². The topological polar surface area (TPSA) is 54.9 Å². The van der Waals surface area contributed by atoms with E-state index in [0.717, 1.165) is 20.7 Å². The van der Waals surface area contributed by atoms with Gasteiger partial charge in [0.1, 0.15) is 0 Å². The first-order chi connectivity index (χ1) is 11.1. The van der Waals surface area contributed by atoms with Crippen molar-refractivity contribution in [2.24, 2.45) is 5.92 Å². The summed E-state index contributed by atoms with van der Waals surface area (Å²) < 4.78 is 0.878. The van der Waals surface area contributed by atoms with Gasteiger partial charge in [-0.2, -0.15) is 0 Å². The molecule has 0 bridgehead atoms. The molecule has 1 heterocycles. The molecule has 0 fully saturated rings. The third-order valence-electron chi connectivity index (χ3n) is 2.66. The van der Waals surface area contributed by atoms with Gasteiger partial charge in [-0.1, -0.05) is 55.2 Å². The molecule has 0 atom stereocenters. The number of thioether (sulfide) groups is 2. The summed E-state index contributed by atoms with van der Waals surface area (Å²) in [5.41, 5.74) is 0.644. The van der Waals surface area contributed by atoms with Crippen molar-refractivity contribution in [2.45, 2.75) is 23.1 Å². The molecule has 122 valence electrons. The van der Waals surface area contributed by atoms with E-state index in [9.17, 15) is 4.79 Å². The number of rotatable bonds is 8. The van der Waals surface area contributed by atoms with E-state index >= 15 is 0 Å². The molecule has 0 saturated heterocycles. The summed E-state index contributed by atoms with van der Waals surface area (Å²) in [7, 11) is 0. The Hall–Kier alpha value is -1.31. The van der Waals surface area contributed by atoms with E-state index in [4.69, 9.17) is 0 Å². The molecule has 1 N–H and O–H groups in total. The third kappa shape index (κ3) is 5.67. The molecule has 1 aromatic carbocycles. The van der Waals surface area contributed by atoms with Crippen LogP contribution in [0, 0.1) is 5.92 Å². The van der Waals surface area contributed by atoms with Gasteiger partial charge in [0.2, 0.25) is 5.13 Å². The molecule has 0 unspecified atom stereocenters. The fourth-order valence-corrected chi connectivity index (χ4v) is 4.16. The minimum absolute atomic E-state index is 0.159. The highest BCUT2D eigenvalue weighted by molar-refractivity contribution is 8.01. The van der Waals surface area contributed by atoms with Gasteiger partial charge in [-0.3, -0.25) is 10.1 Å². The van der Waals surface area contributed by atoms with Crippen LogP contribution in [0.3, 0.4) is 0 Å². The monoisotopic (exact) mass is 365 g/mol. The second-order valence-electron chi connectivity index (χ2n) is 5.13. The Bertz CT molecular complexity index is 670. The molecule has 0 aliphatic rings. The smallest absolute Gasteiger partial charge is 0.258 e. The van der Waals surface area contributed by atoms with E-state index in [1.807, 2.05) is 30.3 Å². The molecule has 0 radical (unpaired) electrons. The van der Waals surface area contributed by atoms with Gasteiger partial charge in [0, 0.05) is 16.4 Å². The zero-order valence-corrected chi connectivity index (χ0v) is 15.6. The number of hydrogen-bond acceptors (Lipinski definition) is 6. The Morgan fingerprint density at radius 3 is 2.87 bits per heavy atom. The number of nitrogens with one attached hydrogen (secondary N) is 1. The zero-order chi connectivity index (χ0) is 16.7. The summed E-state index contributed by atoms with van der Waals surface area (Å²) in [6.45, 7) is 8.03. The largest absolute Gasteiger partial charge is 0.296 e.